The molecule has 18 heavy (non-hydrogen) atoms. The van der Waals surface area contributed by atoms with E-state index in [9.17, 15) is 9.90 Å². The summed E-state index contributed by atoms with van der Waals surface area (Å²) >= 11 is 3.35. The van der Waals surface area contributed by atoms with Gasteiger partial charge < -0.3 is 14.7 Å². The van der Waals surface area contributed by atoms with Crippen molar-refractivity contribution in [2.75, 3.05) is 19.7 Å². The first-order chi connectivity index (χ1) is 8.65. The van der Waals surface area contributed by atoms with Gasteiger partial charge >= 0.3 is 0 Å². The molecule has 0 aromatic heterocycles. The smallest absolute Gasteiger partial charge is 0.226 e. The third kappa shape index (κ3) is 3.71. The highest BCUT2D eigenvalue weighted by Crippen LogP contribution is 2.16. The predicted molar refractivity (Wildman–Crippen MR) is 71.5 cm³/mol. The molecule has 1 heterocycles. The maximum absolute atomic E-state index is 11.8. The van der Waals surface area contributed by atoms with Crippen LogP contribution in [-0.2, 0) is 4.79 Å². The molecule has 1 aliphatic rings. The molecule has 1 saturated heterocycles. The number of nitrogens with zero attached hydrogens (tertiary/aromatic N) is 1. The van der Waals surface area contributed by atoms with Gasteiger partial charge in [0.2, 0.25) is 5.91 Å². The summed E-state index contributed by atoms with van der Waals surface area (Å²) in [6.07, 6.45) is 0.670. The Morgan fingerprint density at radius 1 is 1.44 bits per heavy atom. The number of hydrogen-bond acceptors (Lipinski definition) is 3. The average Bonchev–Trinajstić information content (AvgIpc) is 2.78. The summed E-state index contributed by atoms with van der Waals surface area (Å²) < 4.78 is 6.48. The summed E-state index contributed by atoms with van der Waals surface area (Å²) in [5.41, 5.74) is 0. The summed E-state index contributed by atoms with van der Waals surface area (Å²) in [6, 6.07) is 7.50. The second-order valence-electron chi connectivity index (χ2n) is 4.33. The van der Waals surface area contributed by atoms with Crippen molar-refractivity contribution in [3.63, 3.8) is 0 Å². The number of amides is 1. The maximum atomic E-state index is 11.8. The highest BCUT2D eigenvalue weighted by molar-refractivity contribution is 9.10. The van der Waals surface area contributed by atoms with Crippen LogP contribution in [-0.4, -0.2) is 41.7 Å². The number of hydrogen-bond donors (Lipinski definition) is 1. The molecule has 1 amide bonds. The molecule has 0 saturated carbocycles. The largest absolute Gasteiger partial charge is 0.493 e. The van der Waals surface area contributed by atoms with E-state index in [1.165, 1.54) is 0 Å². The van der Waals surface area contributed by atoms with Crippen molar-refractivity contribution in [1.29, 1.82) is 0 Å². The van der Waals surface area contributed by atoms with Gasteiger partial charge in [-0.2, -0.15) is 0 Å². The fourth-order valence-electron chi connectivity index (χ4n) is 1.91. The Hall–Kier alpha value is -1.07. The number of likely N-dealkylation sites (tertiary alicyclic amines) is 1. The van der Waals surface area contributed by atoms with E-state index in [2.05, 4.69) is 15.9 Å². The van der Waals surface area contributed by atoms with Crippen LogP contribution in [0.5, 0.6) is 5.75 Å². The quantitative estimate of drug-likeness (QED) is 0.922. The number of β-amino-alcohol motifs (C(OH)–C–C–N with tert-alkyl or cyclic N) is 1. The topological polar surface area (TPSA) is 49.8 Å². The lowest BCUT2D eigenvalue weighted by Crippen LogP contribution is -2.30. The molecule has 0 radical (unpaired) electrons. The van der Waals surface area contributed by atoms with Gasteiger partial charge in [-0.25, -0.2) is 0 Å². The van der Waals surface area contributed by atoms with Crippen LogP contribution < -0.4 is 4.74 Å². The highest BCUT2D eigenvalue weighted by atomic mass is 79.9. The normalized spacial score (nSPS) is 19.0. The monoisotopic (exact) mass is 313 g/mol. The molecule has 1 atom stereocenters. The van der Waals surface area contributed by atoms with Crippen molar-refractivity contribution in [2.45, 2.75) is 18.9 Å². The van der Waals surface area contributed by atoms with Gasteiger partial charge in [0.25, 0.3) is 0 Å². The predicted octanol–water partition coefficient (Wildman–Crippen LogP) is 1.81. The molecule has 5 heteroatoms. The van der Waals surface area contributed by atoms with E-state index in [1.54, 1.807) is 4.90 Å². The van der Waals surface area contributed by atoms with Crippen LogP contribution in [0, 0.1) is 0 Å². The van der Waals surface area contributed by atoms with E-state index in [1.807, 2.05) is 24.3 Å². The number of benzene rings is 1. The van der Waals surface area contributed by atoms with Crippen molar-refractivity contribution in [1.82, 2.24) is 4.90 Å². The molecule has 0 aliphatic carbocycles. The number of aliphatic hydroxyl groups excluding tert-OH is 1. The van der Waals surface area contributed by atoms with Crippen LogP contribution in [0.25, 0.3) is 0 Å². The highest BCUT2D eigenvalue weighted by Gasteiger charge is 2.23. The molecule has 2 rings (SSSR count). The minimum atomic E-state index is -0.360. The Bertz CT molecular complexity index is 407. The lowest BCUT2D eigenvalue weighted by Gasteiger charge is -2.15. The Morgan fingerprint density at radius 2 is 2.17 bits per heavy atom. The fraction of sp³-hybridized carbons (Fsp3) is 0.462. The van der Waals surface area contributed by atoms with Gasteiger partial charge in [-0.3, -0.25) is 4.79 Å². The third-order valence-electron chi connectivity index (χ3n) is 2.91. The Kier molecular flexibility index (Phi) is 4.60. The van der Waals surface area contributed by atoms with Crippen LogP contribution in [0.3, 0.4) is 0 Å². The first-order valence-corrected chi connectivity index (χ1v) is 6.78. The molecule has 98 valence electrons. The summed E-state index contributed by atoms with van der Waals surface area (Å²) in [7, 11) is 0. The summed E-state index contributed by atoms with van der Waals surface area (Å²) in [5.74, 6) is 0.802. The maximum Gasteiger partial charge on any atom is 0.226 e. The summed E-state index contributed by atoms with van der Waals surface area (Å²) in [4.78, 5) is 13.5. The van der Waals surface area contributed by atoms with Gasteiger partial charge in [-0.05, 0) is 30.7 Å². The lowest BCUT2D eigenvalue weighted by molar-refractivity contribution is -0.131. The second-order valence-corrected chi connectivity index (χ2v) is 5.25. The van der Waals surface area contributed by atoms with Crippen molar-refractivity contribution >= 4 is 21.8 Å². The molecule has 1 N–H and O–H groups in total. The van der Waals surface area contributed by atoms with E-state index in [0.29, 0.717) is 32.5 Å². The molecule has 0 bridgehead atoms. The van der Waals surface area contributed by atoms with Gasteiger partial charge in [0.05, 0.1) is 19.1 Å². The minimum absolute atomic E-state index is 0.0451. The van der Waals surface area contributed by atoms with Crippen molar-refractivity contribution < 1.29 is 14.6 Å². The zero-order valence-electron chi connectivity index (χ0n) is 10.0. The number of aliphatic hydroxyl groups is 1. The lowest BCUT2D eigenvalue weighted by atomic mass is 10.3. The number of carbonyl (C=O) groups excluding carboxylic acids is 1. The molecule has 0 unspecified atom stereocenters. The zero-order chi connectivity index (χ0) is 13.0. The average molecular weight is 314 g/mol. The van der Waals surface area contributed by atoms with E-state index in [4.69, 9.17) is 4.74 Å². The molecule has 1 aromatic rings. The van der Waals surface area contributed by atoms with Crippen LogP contribution in [0.15, 0.2) is 28.7 Å². The molecule has 1 aliphatic heterocycles. The zero-order valence-corrected chi connectivity index (χ0v) is 11.6. The standard InChI is InChI=1S/C13H16BrNO3/c14-10-1-3-12(4-2-10)18-8-6-13(17)15-7-5-11(16)9-15/h1-4,11,16H,5-9H2/t11-/m0/s1. The second kappa shape index (κ2) is 6.20. The molecular weight excluding hydrogens is 298 g/mol. The van der Waals surface area contributed by atoms with Crippen LogP contribution in [0.2, 0.25) is 0 Å². The SMILES string of the molecule is O=C(CCOc1ccc(Br)cc1)N1CC[C@H](O)C1. The van der Waals surface area contributed by atoms with Crippen molar-refractivity contribution in [3.05, 3.63) is 28.7 Å². The first kappa shape index (κ1) is 13.4. The van der Waals surface area contributed by atoms with Crippen LogP contribution in [0.4, 0.5) is 0 Å². The van der Waals surface area contributed by atoms with E-state index >= 15 is 0 Å². The minimum Gasteiger partial charge on any atom is -0.493 e. The molecule has 4 nitrogen and oxygen atoms in total. The van der Waals surface area contributed by atoms with Gasteiger partial charge in [-0.1, -0.05) is 15.9 Å². The number of halogens is 1. The molecule has 0 spiro atoms. The van der Waals surface area contributed by atoms with Gasteiger partial charge in [0, 0.05) is 17.6 Å². The first-order valence-electron chi connectivity index (χ1n) is 5.99. The number of carbonyl (C=O) groups is 1. The van der Waals surface area contributed by atoms with Crippen LogP contribution in [0.1, 0.15) is 12.8 Å². The van der Waals surface area contributed by atoms with Crippen molar-refractivity contribution in [2.24, 2.45) is 0 Å². The Balaban J connectivity index is 1.72. The molecular formula is C13H16BrNO3. The van der Waals surface area contributed by atoms with E-state index < -0.39 is 0 Å². The fourth-order valence-corrected chi connectivity index (χ4v) is 2.18. The number of ether oxygens (including phenoxy) is 1. The molecule has 1 fully saturated rings. The van der Waals surface area contributed by atoms with Crippen molar-refractivity contribution in [3.8, 4) is 5.75 Å². The Morgan fingerprint density at radius 3 is 2.78 bits per heavy atom. The molecule has 1 aromatic carbocycles. The van der Waals surface area contributed by atoms with Gasteiger partial charge in [0.1, 0.15) is 5.75 Å². The van der Waals surface area contributed by atoms with Gasteiger partial charge in [-0.15, -0.1) is 0 Å². The summed E-state index contributed by atoms with van der Waals surface area (Å²) in [6.45, 7) is 1.47. The van der Waals surface area contributed by atoms with E-state index in [0.717, 1.165) is 10.2 Å². The Labute approximate surface area is 115 Å². The number of rotatable bonds is 4. The third-order valence-corrected chi connectivity index (χ3v) is 3.44. The van der Waals surface area contributed by atoms with Crippen LogP contribution >= 0.6 is 15.9 Å². The van der Waals surface area contributed by atoms with E-state index in [-0.39, 0.29) is 12.0 Å². The van der Waals surface area contributed by atoms with Gasteiger partial charge in [0.15, 0.2) is 0 Å². The summed E-state index contributed by atoms with van der Waals surface area (Å²) in [5, 5.41) is 9.35.